The van der Waals surface area contributed by atoms with Gasteiger partial charge in [-0.25, -0.2) is 4.79 Å². The fraction of sp³-hybridized carbons (Fsp3) is 0.333. The highest BCUT2D eigenvalue weighted by Crippen LogP contribution is 2.31. The fourth-order valence-electron chi connectivity index (χ4n) is 0.900. The van der Waals surface area contributed by atoms with E-state index >= 15 is 0 Å². The monoisotopic (exact) mass is 281 g/mol. The van der Waals surface area contributed by atoms with Crippen LogP contribution < -0.4 is 5.32 Å². The molecule has 0 radical (unpaired) electrons. The quantitative estimate of drug-likeness (QED) is 0.895. The van der Waals surface area contributed by atoms with Gasteiger partial charge in [0.15, 0.2) is 0 Å². The molecule has 1 aromatic rings. The van der Waals surface area contributed by atoms with E-state index < -0.39 is 17.4 Å². The molecule has 1 rings (SSSR count). The summed E-state index contributed by atoms with van der Waals surface area (Å²) in [6.07, 6.45) is 0. The van der Waals surface area contributed by atoms with Crippen LogP contribution in [0.15, 0.2) is 6.07 Å². The van der Waals surface area contributed by atoms with Crippen molar-refractivity contribution in [2.45, 2.75) is 19.4 Å². The molecule has 0 aliphatic rings. The number of hydrogen-bond donors (Lipinski definition) is 2. The van der Waals surface area contributed by atoms with Gasteiger partial charge in [-0.15, -0.1) is 11.3 Å². The minimum absolute atomic E-state index is 0.186. The van der Waals surface area contributed by atoms with E-state index in [0.717, 1.165) is 11.3 Å². The van der Waals surface area contributed by atoms with Crippen molar-refractivity contribution in [3.8, 4) is 0 Å². The summed E-state index contributed by atoms with van der Waals surface area (Å²) in [6.45, 7) is 2.77. The third-order valence-corrected chi connectivity index (χ3v) is 3.35. The molecule has 2 N–H and O–H groups in total. The normalized spacial score (nSPS) is 11.2. The van der Waals surface area contributed by atoms with E-state index in [1.165, 1.54) is 19.9 Å². The third kappa shape index (κ3) is 2.87. The van der Waals surface area contributed by atoms with Crippen molar-refractivity contribution in [3.05, 3.63) is 20.3 Å². The molecular weight excluding hydrogens is 273 g/mol. The van der Waals surface area contributed by atoms with E-state index in [-0.39, 0.29) is 9.90 Å². The SMILES string of the molecule is CC(C)(NC(=O)c1cc(Cl)sc1Cl)C(=O)O. The molecule has 0 unspecified atom stereocenters. The first kappa shape index (κ1) is 13.3. The summed E-state index contributed by atoms with van der Waals surface area (Å²) in [7, 11) is 0. The number of carbonyl (C=O) groups is 2. The van der Waals surface area contributed by atoms with Gasteiger partial charge in [-0.05, 0) is 19.9 Å². The number of carboxylic acids is 1. The number of amides is 1. The zero-order chi connectivity index (χ0) is 12.5. The summed E-state index contributed by atoms with van der Waals surface area (Å²) in [5.74, 6) is -1.68. The summed E-state index contributed by atoms with van der Waals surface area (Å²) in [5, 5.41) is 11.2. The molecule has 0 aliphatic heterocycles. The molecule has 1 aromatic heterocycles. The predicted octanol–water partition coefficient (Wildman–Crippen LogP) is 2.65. The van der Waals surface area contributed by atoms with E-state index in [0.29, 0.717) is 4.34 Å². The van der Waals surface area contributed by atoms with Crippen molar-refractivity contribution >= 4 is 46.4 Å². The number of thiophene rings is 1. The summed E-state index contributed by atoms with van der Waals surface area (Å²) in [6, 6.07) is 1.40. The summed E-state index contributed by atoms with van der Waals surface area (Å²) < 4.78 is 0.618. The second-order valence-electron chi connectivity index (χ2n) is 3.62. The summed E-state index contributed by atoms with van der Waals surface area (Å²) in [4.78, 5) is 22.5. The maximum absolute atomic E-state index is 11.7. The molecule has 0 aromatic carbocycles. The summed E-state index contributed by atoms with van der Waals surface area (Å²) in [5.41, 5.74) is -1.17. The van der Waals surface area contributed by atoms with Gasteiger partial charge in [0.2, 0.25) is 0 Å². The largest absolute Gasteiger partial charge is 0.480 e. The molecule has 0 saturated heterocycles. The van der Waals surface area contributed by atoms with Gasteiger partial charge in [-0.3, -0.25) is 4.79 Å². The maximum atomic E-state index is 11.7. The van der Waals surface area contributed by atoms with E-state index in [1.54, 1.807) is 0 Å². The van der Waals surface area contributed by atoms with Crippen LogP contribution in [0, 0.1) is 0 Å². The molecule has 0 fully saturated rings. The van der Waals surface area contributed by atoms with Gasteiger partial charge in [-0.2, -0.15) is 0 Å². The molecular formula is C9H9Cl2NO3S. The highest BCUT2D eigenvalue weighted by atomic mass is 35.5. The Hall–Kier alpha value is -0.780. The number of carboxylic acid groups (broad SMARTS) is 1. The van der Waals surface area contributed by atoms with Crippen molar-refractivity contribution in [2.75, 3.05) is 0 Å². The van der Waals surface area contributed by atoms with Gasteiger partial charge in [0.1, 0.15) is 9.88 Å². The lowest BCUT2D eigenvalue weighted by Gasteiger charge is -2.20. The number of hydrogen-bond acceptors (Lipinski definition) is 3. The van der Waals surface area contributed by atoms with Gasteiger partial charge >= 0.3 is 5.97 Å². The predicted molar refractivity (Wildman–Crippen MR) is 63.5 cm³/mol. The van der Waals surface area contributed by atoms with Crippen molar-refractivity contribution in [3.63, 3.8) is 0 Å². The maximum Gasteiger partial charge on any atom is 0.328 e. The first-order valence-electron chi connectivity index (χ1n) is 4.25. The van der Waals surface area contributed by atoms with Gasteiger partial charge in [-0.1, -0.05) is 23.2 Å². The van der Waals surface area contributed by atoms with Crippen LogP contribution in [0.25, 0.3) is 0 Å². The molecule has 0 saturated carbocycles. The zero-order valence-corrected chi connectivity index (χ0v) is 10.8. The van der Waals surface area contributed by atoms with Gasteiger partial charge in [0, 0.05) is 0 Å². The standard InChI is InChI=1S/C9H9Cl2NO3S/c1-9(2,8(14)15)12-7(13)4-3-5(10)16-6(4)11/h3H,1-2H3,(H,12,13)(H,14,15). The molecule has 88 valence electrons. The van der Waals surface area contributed by atoms with E-state index in [4.69, 9.17) is 28.3 Å². The average molecular weight is 282 g/mol. The third-order valence-electron chi connectivity index (χ3n) is 1.86. The Labute approximate surface area is 106 Å². The molecule has 16 heavy (non-hydrogen) atoms. The Morgan fingerprint density at radius 3 is 2.38 bits per heavy atom. The van der Waals surface area contributed by atoms with E-state index in [9.17, 15) is 9.59 Å². The second kappa shape index (κ2) is 4.61. The Bertz CT molecular complexity index is 442. The Balaban J connectivity index is 2.89. The van der Waals surface area contributed by atoms with Crippen LogP contribution in [0.4, 0.5) is 0 Å². The van der Waals surface area contributed by atoms with E-state index in [2.05, 4.69) is 5.32 Å². The van der Waals surface area contributed by atoms with Gasteiger partial charge < -0.3 is 10.4 Å². The van der Waals surface area contributed by atoms with Crippen molar-refractivity contribution in [1.29, 1.82) is 0 Å². The number of rotatable bonds is 3. The average Bonchev–Trinajstić information content (AvgIpc) is 2.44. The van der Waals surface area contributed by atoms with Crippen LogP contribution in [-0.4, -0.2) is 22.5 Å². The van der Waals surface area contributed by atoms with Gasteiger partial charge in [0.05, 0.1) is 9.90 Å². The van der Waals surface area contributed by atoms with Crippen molar-refractivity contribution < 1.29 is 14.7 Å². The Kier molecular flexibility index (Phi) is 3.83. The number of halogens is 2. The van der Waals surface area contributed by atoms with Crippen LogP contribution in [-0.2, 0) is 4.79 Å². The zero-order valence-electron chi connectivity index (χ0n) is 8.51. The van der Waals surface area contributed by atoms with E-state index in [1.807, 2.05) is 0 Å². The number of carbonyl (C=O) groups excluding carboxylic acids is 1. The van der Waals surface area contributed by atoms with Gasteiger partial charge in [0.25, 0.3) is 5.91 Å². The highest BCUT2D eigenvalue weighted by molar-refractivity contribution is 7.20. The number of nitrogens with one attached hydrogen (secondary N) is 1. The number of aliphatic carboxylic acids is 1. The molecule has 1 heterocycles. The summed E-state index contributed by atoms with van der Waals surface area (Å²) >= 11 is 12.5. The highest BCUT2D eigenvalue weighted by Gasteiger charge is 2.30. The minimum atomic E-state index is -1.35. The molecule has 0 atom stereocenters. The van der Waals surface area contributed by atoms with Crippen LogP contribution in [0.1, 0.15) is 24.2 Å². The molecule has 0 bridgehead atoms. The first-order valence-corrected chi connectivity index (χ1v) is 5.82. The Morgan fingerprint density at radius 2 is 2.00 bits per heavy atom. The van der Waals surface area contributed by atoms with Crippen LogP contribution in [0.3, 0.4) is 0 Å². The topological polar surface area (TPSA) is 66.4 Å². The minimum Gasteiger partial charge on any atom is -0.480 e. The molecule has 0 aliphatic carbocycles. The lowest BCUT2D eigenvalue weighted by Crippen LogP contribution is -2.49. The smallest absolute Gasteiger partial charge is 0.328 e. The lowest BCUT2D eigenvalue weighted by atomic mass is 10.1. The van der Waals surface area contributed by atoms with Crippen LogP contribution >= 0.6 is 34.5 Å². The van der Waals surface area contributed by atoms with Crippen molar-refractivity contribution in [2.24, 2.45) is 0 Å². The van der Waals surface area contributed by atoms with Crippen molar-refractivity contribution in [1.82, 2.24) is 5.32 Å². The second-order valence-corrected chi connectivity index (χ2v) is 5.91. The molecule has 1 amide bonds. The molecule has 0 spiro atoms. The Morgan fingerprint density at radius 1 is 1.44 bits per heavy atom. The molecule has 7 heteroatoms. The fourth-order valence-corrected chi connectivity index (χ4v) is 2.36. The lowest BCUT2D eigenvalue weighted by molar-refractivity contribution is -0.143. The first-order chi connectivity index (χ1) is 7.24. The van der Waals surface area contributed by atoms with Crippen LogP contribution in [0.2, 0.25) is 8.67 Å². The molecule has 4 nitrogen and oxygen atoms in total. The van der Waals surface area contributed by atoms with Crippen LogP contribution in [0.5, 0.6) is 0 Å².